The van der Waals surface area contributed by atoms with Crippen molar-refractivity contribution in [1.29, 1.82) is 0 Å². The summed E-state index contributed by atoms with van der Waals surface area (Å²) in [5.74, 6) is 0.601. The van der Waals surface area contributed by atoms with Crippen LogP contribution in [0.4, 0.5) is 16.3 Å². The Labute approximate surface area is 185 Å². The van der Waals surface area contributed by atoms with Crippen molar-refractivity contribution in [2.75, 3.05) is 44.8 Å². The van der Waals surface area contributed by atoms with Crippen LogP contribution in [0.25, 0.3) is 0 Å². The lowest BCUT2D eigenvalue weighted by Crippen LogP contribution is -2.57. The van der Waals surface area contributed by atoms with Gasteiger partial charge in [0, 0.05) is 38.3 Å². The van der Waals surface area contributed by atoms with Gasteiger partial charge in [0.25, 0.3) is 0 Å². The van der Waals surface area contributed by atoms with Crippen LogP contribution in [0.2, 0.25) is 0 Å². The summed E-state index contributed by atoms with van der Waals surface area (Å²) in [6.07, 6.45) is 0.880. The summed E-state index contributed by atoms with van der Waals surface area (Å²) in [7, 11) is 1.48. The highest BCUT2D eigenvalue weighted by atomic mass is 16.6. The minimum atomic E-state index is -0.493. The Kier molecular flexibility index (Phi) is 6.40. The fourth-order valence-corrected chi connectivity index (χ4v) is 4.15. The molecule has 2 aliphatic heterocycles. The van der Waals surface area contributed by atoms with Gasteiger partial charge in [0.1, 0.15) is 6.61 Å². The lowest BCUT2D eigenvalue weighted by molar-refractivity contribution is -0.384. The number of hydrogen-bond acceptors (Lipinski definition) is 8. The van der Waals surface area contributed by atoms with E-state index in [0.29, 0.717) is 51.5 Å². The van der Waals surface area contributed by atoms with Crippen molar-refractivity contribution >= 4 is 17.6 Å². The summed E-state index contributed by atoms with van der Waals surface area (Å²) >= 11 is 0. The number of anilines is 1. The Bertz CT molecular complexity index is 962. The van der Waals surface area contributed by atoms with Crippen LogP contribution in [0.1, 0.15) is 18.4 Å². The molecule has 10 nitrogen and oxygen atoms in total. The number of aromatic nitrogens is 1. The number of benzene rings is 1. The summed E-state index contributed by atoms with van der Waals surface area (Å²) in [5.41, 5.74) is 0.380. The number of rotatable bonds is 5. The molecule has 1 aromatic carbocycles. The van der Waals surface area contributed by atoms with Crippen LogP contribution in [0.5, 0.6) is 5.88 Å². The van der Waals surface area contributed by atoms with Crippen LogP contribution >= 0.6 is 0 Å². The molecule has 0 radical (unpaired) electrons. The first-order chi connectivity index (χ1) is 15.5. The van der Waals surface area contributed by atoms with E-state index in [0.717, 1.165) is 5.56 Å². The molecule has 0 atom stereocenters. The van der Waals surface area contributed by atoms with E-state index in [9.17, 15) is 14.9 Å². The molecule has 2 saturated heterocycles. The second kappa shape index (κ2) is 9.39. The maximum Gasteiger partial charge on any atom is 0.410 e. The maximum absolute atomic E-state index is 12.5. The standard InChI is InChI=1S/C22H26N4O6/c1-30-19-8-7-18(26(28)29)20(23-19)25-13-14-32-22(16-25)9-11-24(12-10-22)21(27)31-15-17-5-3-2-4-6-17/h2-8H,9-16H2,1H3. The Hall–Kier alpha value is -3.40. The Balaban J connectivity index is 1.39. The third-order valence-electron chi connectivity index (χ3n) is 5.92. The van der Waals surface area contributed by atoms with Gasteiger partial charge in [-0.1, -0.05) is 30.3 Å². The molecule has 1 amide bonds. The number of nitrogens with zero attached hydrogens (tertiary/aromatic N) is 4. The van der Waals surface area contributed by atoms with Crippen LogP contribution in [-0.2, 0) is 16.1 Å². The molecule has 10 heteroatoms. The molecule has 0 unspecified atom stereocenters. The zero-order valence-electron chi connectivity index (χ0n) is 17.9. The second-order valence-electron chi connectivity index (χ2n) is 7.93. The largest absolute Gasteiger partial charge is 0.481 e. The number of methoxy groups -OCH3 is 1. The molecule has 1 aromatic heterocycles. The zero-order valence-corrected chi connectivity index (χ0v) is 17.9. The highest BCUT2D eigenvalue weighted by Gasteiger charge is 2.42. The van der Waals surface area contributed by atoms with Gasteiger partial charge in [-0.15, -0.1) is 0 Å². The van der Waals surface area contributed by atoms with E-state index >= 15 is 0 Å². The number of carbonyl (C=O) groups is 1. The van der Waals surface area contributed by atoms with E-state index in [1.165, 1.54) is 19.2 Å². The van der Waals surface area contributed by atoms with Crippen molar-refractivity contribution < 1.29 is 23.9 Å². The molecule has 3 heterocycles. The molecule has 1 spiro atoms. The summed E-state index contributed by atoms with van der Waals surface area (Å²) in [6, 6.07) is 12.4. The summed E-state index contributed by atoms with van der Waals surface area (Å²) in [5, 5.41) is 11.5. The fraction of sp³-hybridized carbons (Fsp3) is 0.455. The molecular weight excluding hydrogens is 416 g/mol. The summed E-state index contributed by atoms with van der Waals surface area (Å²) in [4.78, 5) is 31.5. The molecule has 170 valence electrons. The van der Waals surface area contributed by atoms with Crippen LogP contribution in [-0.4, -0.2) is 66.4 Å². The predicted octanol–water partition coefficient (Wildman–Crippen LogP) is 3.01. The van der Waals surface area contributed by atoms with Gasteiger partial charge < -0.3 is 24.0 Å². The van der Waals surface area contributed by atoms with Crippen LogP contribution in [0, 0.1) is 10.1 Å². The van der Waals surface area contributed by atoms with Crippen LogP contribution in [0.15, 0.2) is 42.5 Å². The number of nitro groups is 1. The van der Waals surface area contributed by atoms with Crippen molar-refractivity contribution in [2.24, 2.45) is 0 Å². The molecule has 2 fully saturated rings. The number of carbonyl (C=O) groups excluding carboxylic acids is 1. The molecular formula is C22H26N4O6. The van der Waals surface area contributed by atoms with E-state index in [4.69, 9.17) is 14.2 Å². The third kappa shape index (κ3) is 4.75. The molecule has 0 aliphatic carbocycles. The van der Waals surface area contributed by atoms with Crippen molar-refractivity contribution in [3.8, 4) is 5.88 Å². The minimum absolute atomic E-state index is 0.0650. The Morgan fingerprint density at radius 2 is 1.94 bits per heavy atom. The van der Waals surface area contributed by atoms with Crippen LogP contribution in [0.3, 0.4) is 0 Å². The van der Waals surface area contributed by atoms with Gasteiger partial charge in [-0.05, 0) is 18.4 Å². The smallest absolute Gasteiger partial charge is 0.410 e. The monoisotopic (exact) mass is 442 g/mol. The van der Waals surface area contributed by atoms with Crippen molar-refractivity contribution in [3.63, 3.8) is 0 Å². The number of likely N-dealkylation sites (tertiary alicyclic amines) is 1. The zero-order chi connectivity index (χ0) is 22.6. The lowest BCUT2D eigenvalue weighted by Gasteiger charge is -2.47. The topological polar surface area (TPSA) is 107 Å². The first-order valence-electron chi connectivity index (χ1n) is 10.5. The van der Waals surface area contributed by atoms with E-state index < -0.39 is 10.5 Å². The third-order valence-corrected chi connectivity index (χ3v) is 5.92. The molecule has 4 rings (SSSR count). The van der Waals surface area contributed by atoms with Crippen molar-refractivity contribution in [1.82, 2.24) is 9.88 Å². The van der Waals surface area contributed by atoms with Gasteiger partial charge in [-0.25, -0.2) is 4.79 Å². The number of ether oxygens (including phenoxy) is 3. The van der Waals surface area contributed by atoms with Gasteiger partial charge >= 0.3 is 11.8 Å². The molecule has 0 saturated carbocycles. The molecule has 0 N–H and O–H groups in total. The van der Waals surface area contributed by atoms with E-state index in [1.54, 1.807) is 4.90 Å². The van der Waals surface area contributed by atoms with Crippen molar-refractivity contribution in [3.05, 3.63) is 58.1 Å². The van der Waals surface area contributed by atoms with Gasteiger partial charge in [0.2, 0.25) is 11.7 Å². The second-order valence-corrected chi connectivity index (χ2v) is 7.93. The lowest BCUT2D eigenvalue weighted by atomic mass is 9.89. The number of amides is 1. The normalized spacial score (nSPS) is 17.8. The van der Waals surface area contributed by atoms with Crippen LogP contribution < -0.4 is 9.64 Å². The van der Waals surface area contributed by atoms with E-state index in [-0.39, 0.29) is 24.2 Å². The fourth-order valence-electron chi connectivity index (χ4n) is 4.15. The predicted molar refractivity (Wildman–Crippen MR) is 116 cm³/mol. The van der Waals surface area contributed by atoms with Gasteiger partial charge in [-0.2, -0.15) is 4.98 Å². The first kappa shape index (κ1) is 21.8. The van der Waals surface area contributed by atoms with E-state index in [2.05, 4.69) is 4.98 Å². The number of hydrogen-bond donors (Lipinski definition) is 0. The quantitative estimate of drug-likeness (QED) is 0.514. The van der Waals surface area contributed by atoms with Gasteiger partial charge in [0.15, 0.2) is 0 Å². The highest BCUT2D eigenvalue weighted by molar-refractivity contribution is 5.68. The number of pyridine rings is 1. The SMILES string of the molecule is COc1ccc([N+](=O)[O-])c(N2CCOC3(CCN(C(=O)OCc4ccccc4)CC3)C2)n1. The maximum atomic E-state index is 12.5. The molecule has 32 heavy (non-hydrogen) atoms. The summed E-state index contributed by atoms with van der Waals surface area (Å²) < 4.78 is 16.7. The van der Waals surface area contributed by atoms with E-state index in [1.807, 2.05) is 35.2 Å². The Morgan fingerprint density at radius 3 is 2.62 bits per heavy atom. The van der Waals surface area contributed by atoms with Gasteiger partial charge in [0.05, 0.1) is 24.2 Å². The molecule has 2 aliphatic rings. The first-order valence-corrected chi connectivity index (χ1v) is 10.5. The number of morpholine rings is 1. The Morgan fingerprint density at radius 1 is 1.19 bits per heavy atom. The highest BCUT2D eigenvalue weighted by Crippen LogP contribution is 2.35. The summed E-state index contributed by atoms with van der Waals surface area (Å²) in [6.45, 7) is 2.60. The average Bonchev–Trinajstić information content (AvgIpc) is 2.83. The molecule has 2 aromatic rings. The van der Waals surface area contributed by atoms with Gasteiger partial charge in [-0.3, -0.25) is 10.1 Å². The molecule has 0 bridgehead atoms. The number of piperidine rings is 1. The minimum Gasteiger partial charge on any atom is -0.481 e. The van der Waals surface area contributed by atoms with Crippen molar-refractivity contribution in [2.45, 2.75) is 25.0 Å². The average molecular weight is 442 g/mol.